The van der Waals surface area contributed by atoms with Crippen LogP contribution in [-0.4, -0.2) is 46.9 Å². The first-order chi connectivity index (χ1) is 8.55. The quantitative estimate of drug-likeness (QED) is 0.603. The van der Waals surface area contributed by atoms with Crippen molar-refractivity contribution in [2.24, 2.45) is 5.92 Å². The van der Waals surface area contributed by atoms with Crippen molar-refractivity contribution in [1.82, 2.24) is 4.90 Å². The summed E-state index contributed by atoms with van der Waals surface area (Å²) >= 11 is 0. The summed E-state index contributed by atoms with van der Waals surface area (Å²) in [6.07, 6.45) is -0.841. The second-order valence-corrected chi connectivity index (χ2v) is 5.30. The maximum atomic E-state index is 11.7. The molecule has 110 valence electrons. The Bertz CT molecular complexity index is 345. The lowest BCUT2D eigenvalue weighted by molar-refractivity contribution is -0.157. The van der Waals surface area contributed by atoms with Gasteiger partial charge in [-0.2, -0.15) is 0 Å². The molecule has 0 aromatic rings. The Morgan fingerprint density at radius 2 is 1.68 bits per heavy atom. The van der Waals surface area contributed by atoms with Crippen LogP contribution in [0.25, 0.3) is 0 Å². The minimum absolute atomic E-state index is 0.323. The van der Waals surface area contributed by atoms with E-state index in [9.17, 15) is 14.4 Å². The third-order valence-corrected chi connectivity index (χ3v) is 2.18. The zero-order chi connectivity index (χ0) is 15.2. The molecule has 1 amide bonds. The molecule has 0 spiro atoms. The molecule has 0 bridgehead atoms. The highest BCUT2D eigenvalue weighted by atomic mass is 16.7. The molecule has 0 heterocycles. The SMILES string of the molecule is CC(C)C(=O)OCOC(=O)N(CC(=O)O)C(C)(C)C. The van der Waals surface area contributed by atoms with Crippen molar-refractivity contribution >= 4 is 18.0 Å². The Balaban J connectivity index is 4.42. The van der Waals surface area contributed by atoms with Crippen LogP contribution in [0, 0.1) is 5.92 Å². The molecule has 0 saturated carbocycles. The van der Waals surface area contributed by atoms with Crippen LogP contribution in [0.1, 0.15) is 34.6 Å². The standard InChI is InChI=1S/C12H21NO6/c1-8(2)10(16)18-7-19-11(17)13(6-9(14)15)12(3,4)5/h8H,6-7H2,1-5H3,(H,14,15). The van der Waals surface area contributed by atoms with Crippen LogP contribution in [0.4, 0.5) is 4.79 Å². The van der Waals surface area contributed by atoms with E-state index in [-0.39, 0.29) is 5.92 Å². The van der Waals surface area contributed by atoms with Crippen molar-refractivity contribution in [1.29, 1.82) is 0 Å². The third-order valence-electron chi connectivity index (χ3n) is 2.18. The zero-order valence-electron chi connectivity index (χ0n) is 11.9. The molecule has 0 unspecified atom stereocenters. The molecule has 0 aliphatic heterocycles. The molecule has 7 heteroatoms. The van der Waals surface area contributed by atoms with Crippen LogP contribution < -0.4 is 0 Å². The minimum atomic E-state index is -1.15. The molecule has 0 aliphatic carbocycles. The van der Waals surface area contributed by atoms with Gasteiger partial charge in [-0.25, -0.2) is 4.79 Å². The zero-order valence-corrected chi connectivity index (χ0v) is 11.9. The van der Waals surface area contributed by atoms with Gasteiger partial charge in [0.2, 0.25) is 6.79 Å². The van der Waals surface area contributed by atoms with Gasteiger partial charge in [-0.15, -0.1) is 0 Å². The summed E-state index contributed by atoms with van der Waals surface area (Å²) in [5.74, 6) is -1.96. The first kappa shape index (κ1) is 17.2. The molecule has 7 nitrogen and oxygen atoms in total. The average Bonchev–Trinajstić information content (AvgIpc) is 2.23. The molecular weight excluding hydrogens is 254 g/mol. The topological polar surface area (TPSA) is 93.1 Å². The first-order valence-electron chi connectivity index (χ1n) is 5.88. The van der Waals surface area contributed by atoms with Gasteiger partial charge in [0.15, 0.2) is 0 Å². The molecule has 0 aromatic heterocycles. The van der Waals surface area contributed by atoms with Crippen LogP contribution in [0.3, 0.4) is 0 Å². The maximum absolute atomic E-state index is 11.7. The molecule has 1 N–H and O–H groups in total. The van der Waals surface area contributed by atoms with Gasteiger partial charge in [0.1, 0.15) is 6.54 Å². The van der Waals surface area contributed by atoms with Crippen LogP contribution in [0.15, 0.2) is 0 Å². The van der Waals surface area contributed by atoms with E-state index in [1.54, 1.807) is 34.6 Å². The van der Waals surface area contributed by atoms with Crippen LogP contribution in [0.2, 0.25) is 0 Å². The molecule has 19 heavy (non-hydrogen) atoms. The lowest BCUT2D eigenvalue weighted by Gasteiger charge is -2.33. The summed E-state index contributed by atoms with van der Waals surface area (Å²) in [5, 5.41) is 8.75. The summed E-state index contributed by atoms with van der Waals surface area (Å²) in [7, 11) is 0. The summed E-state index contributed by atoms with van der Waals surface area (Å²) in [6, 6.07) is 0. The van der Waals surface area contributed by atoms with Crippen molar-refractivity contribution in [3.8, 4) is 0 Å². The van der Waals surface area contributed by atoms with Gasteiger partial charge in [-0.3, -0.25) is 14.5 Å². The number of nitrogens with zero attached hydrogens (tertiary/aromatic N) is 1. The van der Waals surface area contributed by atoms with E-state index in [0.29, 0.717) is 0 Å². The number of carboxylic acids is 1. The summed E-state index contributed by atoms with van der Waals surface area (Å²) < 4.78 is 9.42. The monoisotopic (exact) mass is 275 g/mol. The number of ether oxygens (including phenoxy) is 2. The number of hydrogen-bond donors (Lipinski definition) is 1. The molecule has 0 aromatic carbocycles. The number of carbonyl (C=O) groups excluding carboxylic acids is 2. The lowest BCUT2D eigenvalue weighted by atomic mass is 10.1. The number of rotatable bonds is 5. The summed E-state index contributed by atoms with van der Waals surface area (Å²) in [5.41, 5.74) is -0.711. The summed E-state index contributed by atoms with van der Waals surface area (Å²) in [4.78, 5) is 34.6. The largest absolute Gasteiger partial charge is 0.480 e. The normalized spacial score (nSPS) is 11.1. The fourth-order valence-electron chi connectivity index (χ4n) is 1.09. The molecule has 0 rings (SSSR count). The number of carbonyl (C=O) groups is 3. The molecule has 0 aliphatic rings. The van der Waals surface area contributed by atoms with E-state index in [1.165, 1.54) is 0 Å². The first-order valence-corrected chi connectivity index (χ1v) is 5.88. The third kappa shape index (κ3) is 6.64. The Labute approximate surface area is 112 Å². The molecule has 0 fully saturated rings. The molecule has 0 radical (unpaired) electrons. The molecule has 0 saturated heterocycles. The minimum Gasteiger partial charge on any atom is -0.480 e. The molecular formula is C12H21NO6. The van der Waals surface area contributed by atoms with E-state index < -0.39 is 36.9 Å². The van der Waals surface area contributed by atoms with Crippen LogP contribution in [0.5, 0.6) is 0 Å². The predicted molar refractivity (Wildman–Crippen MR) is 66.4 cm³/mol. The fourth-order valence-corrected chi connectivity index (χ4v) is 1.09. The number of carboxylic acid groups (broad SMARTS) is 1. The van der Waals surface area contributed by atoms with Crippen molar-refractivity contribution in [3.63, 3.8) is 0 Å². The van der Waals surface area contributed by atoms with Gasteiger partial charge < -0.3 is 14.6 Å². The Morgan fingerprint density at radius 1 is 1.16 bits per heavy atom. The van der Waals surface area contributed by atoms with E-state index in [2.05, 4.69) is 4.74 Å². The number of esters is 1. The molecule has 0 atom stereocenters. The van der Waals surface area contributed by atoms with Crippen LogP contribution >= 0.6 is 0 Å². The smallest absolute Gasteiger partial charge is 0.413 e. The van der Waals surface area contributed by atoms with Crippen molar-refractivity contribution in [3.05, 3.63) is 0 Å². The second-order valence-electron chi connectivity index (χ2n) is 5.30. The van der Waals surface area contributed by atoms with Crippen LogP contribution in [-0.2, 0) is 19.1 Å². The Morgan fingerprint density at radius 3 is 2.05 bits per heavy atom. The lowest BCUT2D eigenvalue weighted by Crippen LogP contribution is -2.48. The van der Waals surface area contributed by atoms with Gasteiger partial charge >= 0.3 is 18.0 Å². The highest BCUT2D eigenvalue weighted by Gasteiger charge is 2.29. The van der Waals surface area contributed by atoms with Gasteiger partial charge in [-0.1, -0.05) is 13.8 Å². The number of hydrogen-bond acceptors (Lipinski definition) is 5. The van der Waals surface area contributed by atoms with Crippen molar-refractivity contribution < 1.29 is 29.0 Å². The summed E-state index contributed by atoms with van der Waals surface area (Å²) in [6.45, 7) is 7.32. The number of aliphatic carboxylic acids is 1. The maximum Gasteiger partial charge on any atom is 0.413 e. The van der Waals surface area contributed by atoms with E-state index in [4.69, 9.17) is 9.84 Å². The Kier molecular flexibility index (Phi) is 6.31. The van der Waals surface area contributed by atoms with Gasteiger partial charge in [-0.05, 0) is 20.8 Å². The fraction of sp³-hybridized carbons (Fsp3) is 0.750. The number of amides is 1. The van der Waals surface area contributed by atoms with Gasteiger partial charge in [0.25, 0.3) is 0 Å². The second kappa shape index (κ2) is 6.96. The average molecular weight is 275 g/mol. The van der Waals surface area contributed by atoms with E-state index in [0.717, 1.165) is 4.90 Å². The highest BCUT2D eigenvalue weighted by molar-refractivity contribution is 5.77. The predicted octanol–water partition coefficient (Wildman–Crippen LogP) is 1.46. The Hall–Kier alpha value is -1.79. The van der Waals surface area contributed by atoms with Crippen molar-refractivity contribution in [2.45, 2.75) is 40.2 Å². The van der Waals surface area contributed by atoms with Crippen molar-refractivity contribution in [2.75, 3.05) is 13.3 Å². The van der Waals surface area contributed by atoms with E-state index in [1.807, 2.05) is 0 Å². The van der Waals surface area contributed by atoms with Gasteiger partial charge in [0, 0.05) is 5.54 Å². The van der Waals surface area contributed by atoms with E-state index >= 15 is 0 Å². The van der Waals surface area contributed by atoms with Gasteiger partial charge in [0.05, 0.1) is 5.92 Å². The highest BCUT2D eigenvalue weighted by Crippen LogP contribution is 2.14.